The zero-order chi connectivity index (χ0) is 21.2. The Labute approximate surface area is 202 Å². The molecule has 1 heterocycles. The second-order valence-corrected chi connectivity index (χ2v) is 7.64. The van der Waals surface area contributed by atoms with E-state index in [1.165, 1.54) is 5.56 Å². The number of ether oxygens (including phenoxy) is 1. The zero-order valence-electron chi connectivity index (χ0n) is 18.3. The van der Waals surface area contributed by atoms with E-state index in [9.17, 15) is 4.79 Å². The lowest BCUT2D eigenvalue weighted by atomic mass is 9.90. The Morgan fingerprint density at radius 3 is 2.32 bits per heavy atom. The smallest absolute Gasteiger partial charge is 0.241 e. The molecule has 3 rings (SSSR count). The van der Waals surface area contributed by atoms with Crippen LogP contribution in [0.1, 0.15) is 24.0 Å². The van der Waals surface area contributed by atoms with Crippen LogP contribution in [0, 0.1) is 5.92 Å². The maximum atomic E-state index is 12.6. The van der Waals surface area contributed by atoms with Crippen LogP contribution in [-0.4, -0.2) is 50.6 Å². The Balaban J connectivity index is 0.00000341. The average Bonchev–Trinajstić information content (AvgIpc) is 2.80. The van der Waals surface area contributed by atoms with Crippen molar-refractivity contribution in [1.82, 2.24) is 15.5 Å². The summed E-state index contributed by atoms with van der Waals surface area (Å²) in [7, 11) is 3.37. The molecule has 1 saturated heterocycles. The van der Waals surface area contributed by atoms with Crippen molar-refractivity contribution >= 4 is 35.8 Å². The molecule has 0 radical (unpaired) electrons. The van der Waals surface area contributed by atoms with Crippen LogP contribution in [-0.2, 0) is 17.8 Å². The van der Waals surface area contributed by atoms with Crippen LogP contribution in [0.4, 0.5) is 0 Å². The molecule has 0 spiro atoms. The number of benzene rings is 2. The monoisotopic (exact) mass is 536 g/mol. The van der Waals surface area contributed by atoms with Gasteiger partial charge in [0.2, 0.25) is 5.91 Å². The number of amides is 1. The van der Waals surface area contributed by atoms with Crippen LogP contribution in [0.2, 0.25) is 0 Å². The fourth-order valence-electron chi connectivity index (χ4n) is 3.75. The van der Waals surface area contributed by atoms with E-state index in [0.29, 0.717) is 18.4 Å². The predicted octanol–water partition coefficient (Wildman–Crippen LogP) is 3.46. The van der Waals surface area contributed by atoms with Gasteiger partial charge in [0.05, 0.1) is 13.7 Å². The van der Waals surface area contributed by atoms with E-state index in [1.807, 2.05) is 29.2 Å². The van der Waals surface area contributed by atoms with Gasteiger partial charge in [0.25, 0.3) is 0 Å². The molecule has 6 nitrogen and oxygen atoms in total. The summed E-state index contributed by atoms with van der Waals surface area (Å²) < 4.78 is 5.18. The first-order chi connectivity index (χ1) is 14.7. The van der Waals surface area contributed by atoms with Crippen molar-refractivity contribution < 1.29 is 9.53 Å². The number of methoxy groups -OCH3 is 1. The molecule has 31 heavy (non-hydrogen) atoms. The van der Waals surface area contributed by atoms with Crippen molar-refractivity contribution in [2.75, 3.05) is 33.8 Å². The van der Waals surface area contributed by atoms with Crippen molar-refractivity contribution in [1.29, 1.82) is 0 Å². The summed E-state index contributed by atoms with van der Waals surface area (Å²) >= 11 is 0. The highest BCUT2D eigenvalue weighted by Gasteiger charge is 2.22. The minimum atomic E-state index is 0. The van der Waals surface area contributed by atoms with Gasteiger partial charge in [-0.3, -0.25) is 9.79 Å². The summed E-state index contributed by atoms with van der Waals surface area (Å²) in [5, 5.41) is 6.38. The average molecular weight is 536 g/mol. The normalized spacial score (nSPS) is 14.5. The number of carbonyl (C=O) groups is 1. The van der Waals surface area contributed by atoms with E-state index in [1.54, 1.807) is 14.2 Å². The molecule has 1 aliphatic rings. The van der Waals surface area contributed by atoms with E-state index in [-0.39, 0.29) is 36.4 Å². The first kappa shape index (κ1) is 25.0. The van der Waals surface area contributed by atoms with Crippen LogP contribution >= 0.6 is 24.0 Å². The van der Waals surface area contributed by atoms with Gasteiger partial charge in [-0.25, -0.2) is 0 Å². The number of carbonyl (C=O) groups excluding carboxylic acids is 1. The highest BCUT2D eigenvalue weighted by atomic mass is 127. The summed E-state index contributed by atoms with van der Waals surface area (Å²) in [4.78, 5) is 18.8. The fraction of sp³-hybridized carbons (Fsp3) is 0.417. The van der Waals surface area contributed by atoms with Crippen LogP contribution in [0.25, 0.3) is 0 Å². The molecular weight excluding hydrogens is 503 g/mol. The van der Waals surface area contributed by atoms with E-state index >= 15 is 0 Å². The van der Waals surface area contributed by atoms with Crippen molar-refractivity contribution in [3.8, 4) is 5.75 Å². The summed E-state index contributed by atoms with van der Waals surface area (Å²) in [6.45, 7) is 2.54. The number of nitrogens with one attached hydrogen (secondary N) is 2. The van der Waals surface area contributed by atoms with Crippen molar-refractivity contribution in [2.45, 2.75) is 25.8 Å². The number of hydrogen-bond donors (Lipinski definition) is 2. The molecule has 1 fully saturated rings. The molecular formula is C24H33IN4O2. The second kappa shape index (κ2) is 13.2. The van der Waals surface area contributed by atoms with Gasteiger partial charge in [-0.1, -0.05) is 42.5 Å². The number of piperidine rings is 1. The summed E-state index contributed by atoms with van der Waals surface area (Å²) in [6.07, 6.45) is 3.22. The molecule has 0 atom stereocenters. The summed E-state index contributed by atoms with van der Waals surface area (Å²) in [5.74, 6) is 2.24. The van der Waals surface area contributed by atoms with E-state index in [0.717, 1.165) is 43.7 Å². The third-order valence-corrected chi connectivity index (χ3v) is 5.58. The van der Waals surface area contributed by atoms with Gasteiger partial charge < -0.3 is 20.3 Å². The molecule has 0 saturated carbocycles. The van der Waals surface area contributed by atoms with Gasteiger partial charge in [-0.05, 0) is 48.4 Å². The topological polar surface area (TPSA) is 66.0 Å². The zero-order valence-corrected chi connectivity index (χ0v) is 20.7. The first-order valence-electron chi connectivity index (χ1n) is 10.6. The Bertz CT molecular complexity index is 819. The standard InChI is InChI=1S/C24H32N4O2.HI/c1-25-24(26-17-21-8-10-22(30-2)11-9-21)27-18-23(29)28-14-12-20(13-15-28)16-19-6-4-3-5-7-19;/h3-11,20H,12-18H2,1-2H3,(H2,25,26,27);1H. The number of nitrogens with zero attached hydrogens (tertiary/aromatic N) is 2. The molecule has 0 unspecified atom stereocenters. The maximum absolute atomic E-state index is 12.6. The largest absolute Gasteiger partial charge is 0.497 e. The lowest BCUT2D eigenvalue weighted by Gasteiger charge is -2.32. The maximum Gasteiger partial charge on any atom is 0.241 e. The predicted molar refractivity (Wildman–Crippen MR) is 136 cm³/mol. The molecule has 7 heteroatoms. The van der Waals surface area contributed by atoms with Gasteiger partial charge in [0, 0.05) is 26.7 Å². The Hall–Kier alpha value is -2.29. The minimum absolute atomic E-state index is 0. The highest BCUT2D eigenvalue weighted by Crippen LogP contribution is 2.21. The Kier molecular flexibility index (Phi) is 10.6. The molecule has 1 aliphatic heterocycles. The van der Waals surface area contributed by atoms with Crippen LogP contribution in [0.15, 0.2) is 59.6 Å². The number of aliphatic imine (C=N–C) groups is 1. The fourth-order valence-corrected chi connectivity index (χ4v) is 3.75. The van der Waals surface area contributed by atoms with Gasteiger partial charge in [-0.15, -0.1) is 24.0 Å². The van der Waals surface area contributed by atoms with Gasteiger partial charge in [-0.2, -0.15) is 0 Å². The molecule has 1 amide bonds. The molecule has 2 aromatic carbocycles. The second-order valence-electron chi connectivity index (χ2n) is 7.64. The van der Waals surface area contributed by atoms with E-state index < -0.39 is 0 Å². The number of hydrogen-bond acceptors (Lipinski definition) is 3. The van der Waals surface area contributed by atoms with E-state index in [4.69, 9.17) is 4.74 Å². The molecule has 168 valence electrons. The number of halogens is 1. The SMILES string of the molecule is CN=C(NCC(=O)N1CCC(Cc2ccccc2)CC1)NCc1ccc(OC)cc1.I. The lowest BCUT2D eigenvalue weighted by molar-refractivity contribution is -0.131. The lowest BCUT2D eigenvalue weighted by Crippen LogP contribution is -2.46. The number of guanidine groups is 1. The minimum Gasteiger partial charge on any atom is -0.497 e. The Morgan fingerprint density at radius 2 is 1.71 bits per heavy atom. The van der Waals surface area contributed by atoms with E-state index in [2.05, 4.69) is 46.0 Å². The number of likely N-dealkylation sites (tertiary alicyclic amines) is 1. The summed E-state index contributed by atoms with van der Waals surface area (Å²) in [5.41, 5.74) is 2.50. The van der Waals surface area contributed by atoms with Gasteiger partial charge >= 0.3 is 0 Å². The Morgan fingerprint density at radius 1 is 1.03 bits per heavy atom. The summed E-state index contributed by atoms with van der Waals surface area (Å²) in [6, 6.07) is 18.5. The highest BCUT2D eigenvalue weighted by molar-refractivity contribution is 14.0. The van der Waals surface area contributed by atoms with Crippen molar-refractivity contribution in [3.63, 3.8) is 0 Å². The van der Waals surface area contributed by atoms with Gasteiger partial charge in [0.1, 0.15) is 5.75 Å². The molecule has 0 aliphatic carbocycles. The van der Waals surface area contributed by atoms with Gasteiger partial charge in [0.15, 0.2) is 5.96 Å². The first-order valence-corrected chi connectivity index (χ1v) is 10.6. The van der Waals surface area contributed by atoms with Crippen LogP contribution < -0.4 is 15.4 Å². The molecule has 2 aromatic rings. The third kappa shape index (κ3) is 8.05. The van der Waals surface area contributed by atoms with Crippen LogP contribution in [0.5, 0.6) is 5.75 Å². The number of rotatable bonds is 7. The molecule has 0 aromatic heterocycles. The van der Waals surface area contributed by atoms with Crippen LogP contribution in [0.3, 0.4) is 0 Å². The quantitative estimate of drug-likeness (QED) is 0.323. The molecule has 0 bridgehead atoms. The third-order valence-electron chi connectivity index (χ3n) is 5.58. The van der Waals surface area contributed by atoms with Crippen molar-refractivity contribution in [2.24, 2.45) is 10.9 Å². The molecule has 2 N–H and O–H groups in total. The van der Waals surface area contributed by atoms with Crippen molar-refractivity contribution in [3.05, 3.63) is 65.7 Å².